The highest BCUT2D eigenvalue weighted by molar-refractivity contribution is 5.73. The number of aliphatic hydroxyl groups excluding tert-OH is 1. The molecule has 0 aromatic carbocycles. The number of aliphatic hydroxyl groups is 1. The molecule has 0 radical (unpaired) electrons. The molecule has 1 fully saturated rings. The molecule has 3 unspecified atom stereocenters. The van der Waals surface area contributed by atoms with Gasteiger partial charge in [0.2, 0.25) is 0 Å². The Morgan fingerprint density at radius 2 is 2.27 bits per heavy atom. The van der Waals surface area contributed by atoms with Crippen molar-refractivity contribution in [3.05, 3.63) is 0 Å². The second-order valence-corrected chi connectivity index (χ2v) is 2.92. The molecular formula is C7H13NO3. The van der Waals surface area contributed by atoms with Crippen molar-refractivity contribution in [2.24, 2.45) is 11.7 Å². The van der Waals surface area contributed by atoms with E-state index in [0.717, 1.165) is 0 Å². The first kappa shape index (κ1) is 8.49. The van der Waals surface area contributed by atoms with Gasteiger partial charge in [0, 0.05) is 6.04 Å². The zero-order valence-corrected chi connectivity index (χ0v) is 6.49. The molecule has 11 heavy (non-hydrogen) atoms. The lowest BCUT2D eigenvalue weighted by atomic mass is 10.1. The van der Waals surface area contributed by atoms with E-state index in [-0.39, 0.29) is 17.9 Å². The Bertz CT molecular complexity index is 160. The predicted octanol–water partition coefficient (Wildman–Crippen LogP) is -0.742. The van der Waals surface area contributed by atoms with Gasteiger partial charge in [0.05, 0.1) is 19.1 Å². The van der Waals surface area contributed by atoms with Crippen molar-refractivity contribution in [3.8, 4) is 0 Å². The number of methoxy groups -OCH3 is 1. The van der Waals surface area contributed by atoms with Crippen molar-refractivity contribution in [1.82, 2.24) is 0 Å². The van der Waals surface area contributed by atoms with Crippen LogP contribution in [-0.4, -0.2) is 30.3 Å². The molecule has 4 heteroatoms. The number of esters is 1. The van der Waals surface area contributed by atoms with Crippen LogP contribution in [0.2, 0.25) is 0 Å². The molecule has 3 atom stereocenters. The normalized spacial score (nSPS) is 37.2. The lowest BCUT2D eigenvalue weighted by Crippen LogP contribution is -2.31. The number of carbonyl (C=O) groups is 1. The average molecular weight is 159 g/mol. The maximum atomic E-state index is 11.0. The Morgan fingerprint density at radius 1 is 1.64 bits per heavy atom. The predicted molar refractivity (Wildman–Crippen MR) is 38.7 cm³/mol. The fourth-order valence-corrected chi connectivity index (χ4v) is 1.46. The monoisotopic (exact) mass is 159 g/mol. The van der Waals surface area contributed by atoms with E-state index >= 15 is 0 Å². The first-order valence-electron chi connectivity index (χ1n) is 3.66. The molecule has 0 amide bonds. The molecule has 0 spiro atoms. The molecule has 0 bridgehead atoms. The number of hydrogen-bond donors (Lipinski definition) is 2. The van der Waals surface area contributed by atoms with Gasteiger partial charge in [-0.2, -0.15) is 0 Å². The van der Waals surface area contributed by atoms with Gasteiger partial charge in [-0.15, -0.1) is 0 Å². The van der Waals surface area contributed by atoms with Gasteiger partial charge in [0.15, 0.2) is 0 Å². The van der Waals surface area contributed by atoms with Gasteiger partial charge in [-0.3, -0.25) is 4.79 Å². The van der Waals surface area contributed by atoms with E-state index in [1.165, 1.54) is 7.11 Å². The summed E-state index contributed by atoms with van der Waals surface area (Å²) in [6.45, 7) is 0. The number of hydrogen-bond acceptors (Lipinski definition) is 4. The average Bonchev–Trinajstić information content (AvgIpc) is 2.28. The lowest BCUT2D eigenvalue weighted by Gasteiger charge is -2.10. The third-order valence-electron chi connectivity index (χ3n) is 2.09. The van der Waals surface area contributed by atoms with Crippen molar-refractivity contribution < 1.29 is 14.6 Å². The highest BCUT2D eigenvalue weighted by Gasteiger charge is 2.36. The van der Waals surface area contributed by atoms with Crippen molar-refractivity contribution >= 4 is 5.97 Å². The maximum Gasteiger partial charge on any atom is 0.310 e. The third kappa shape index (κ3) is 1.70. The standard InChI is InChI=1S/C7H13NO3/c1-11-7(10)5-2-4(9)3-6(5)8/h4-6,9H,2-3,8H2,1H3. The van der Waals surface area contributed by atoms with Crippen LogP contribution in [0.15, 0.2) is 0 Å². The molecule has 1 rings (SSSR count). The van der Waals surface area contributed by atoms with Gasteiger partial charge in [0.1, 0.15) is 0 Å². The van der Waals surface area contributed by atoms with Crippen LogP contribution in [0, 0.1) is 5.92 Å². The molecule has 1 aliphatic rings. The summed E-state index contributed by atoms with van der Waals surface area (Å²) in [4.78, 5) is 11.0. The van der Waals surface area contributed by atoms with E-state index < -0.39 is 6.10 Å². The van der Waals surface area contributed by atoms with Crippen molar-refractivity contribution in [2.45, 2.75) is 25.0 Å². The summed E-state index contributed by atoms with van der Waals surface area (Å²) >= 11 is 0. The number of nitrogens with two attached hydrogens (primary N) is 1. The van der Waals surface area contributed by atoms with Crippen LogP contribution < -0.4 is 5.73 Å². The summed E-state index contributed by atoms with van der Waals surface area (Å²) in [6.07, 6.45) is 0.502. The van der Waals surface area contributed by atoms with E-state index in [1.54, 1.807) is 0 Å². The summed E-state index contributed by atoms with van der Waals surface area (Å²) in [6, 6.07) is -0.238. The molecule has 0 aromatic heterocycles. The minimum Gasteiger partial charge on any atom is -0.469 e. The van der Waals surface area contributed by atoms with E-state index in [2.05, 4.69) is 4.74 Å². The zero-order chi connectivity index (χ0) is 8.43. The smallest absolute Gasteiger partial charge is 0.310 e. The Kier molecular flexibility index (Phi) is 2.46. The van der Waals surface area contributed by atoms with Gasteiger partial charge in [0.25, 0.3) is 0 Å². The summed E-state index contributed by atoms with van der Waals surface area (Å²) in [5.74, 6) is -0.621. The Hall–Kier alpha value is -0.610. The first-order chi connectivity index (χ1) is 5.15. The Balaban J connectivity index is 2.52. The summed E-state index contributed by atoms with van der Waals surface area (Å²) < 4.78 is 4.52. The Morgan fingerprint density at radius 3 is 2.64 bits per heavy atom. The molecule has 64 valence electrons. The van der Waals surface area contributed by atoms with Gasteiger partial charge in [-0.1, -0.05) is 0 Å². The SMILES string of the molecule is COC(=O)C1CC(O)CC1N. The number of carbonyl (C=O) groups excluding carboxylic acids is 1. The van der Waals surface area contributed by atoms with Gasteiger partial charge < -0.3 is 15.6 Å². The largest absolute Gasteiger partial charge is 0.469 e. The highest BCUT2D eigenvalue weighted by atomic mass is 16.5. The second kappa shape index (κ2) is 3.19. The first-order valence-corrected chi connectivity index (χ1v) is 3.66. The van der Waals surface area contributed by atoms with E-state index in [4.69, 9.17) is 10.8 Å². The van der Waals surface area contributed by atoms with Crippen LogP contribution in [0.5, 0.6) is 0 Å². The van der Waals surface area contributed by atoms with Crippen LogP contribution >= 0.6 is 0 Å². The topological polar surface area (TPSA) is 72.5 Å². The van der Waals surface area contributed by atoms with E-state index in [0.29, 0.717) is 12.8 Å². The van der Waals surface area contributed by atoms with Crippen LogP contribution in [0.3, 0.4) is 0 Å². The fourth-order valence-electron chi connectivity index (χ4n) is 1.46. The molecule has 1 aliphatic carbocycles. The summed E-state index contributed by atoms with van der Waals surface area (Å²) in [7, 11) is 1.33. The Labute approximate surface area is 65.3 Å². The lowest BCUT2D eigenvalue weighted by molar-refractivity contribution is -0.145. The van der Waals surface area contributed by atoms with Crippen LogP contribution in [0.25, 0.3) is 0 Å². The molecule has 3 N–H and O–H groups in total. The molecule has 4 nitrogen and oxygen atoms in total. The van der Waals surface area contributed by atoms with Crippen LogP contribution in [0.1, 0.15) is 12.8 Å². The third-order valence-corrected chi connectivity index (χ3v) is 2.09. The van der Waals surface area contributed by atoms with Crippen molar-refractivity contribution in [2.75, 3.05) is 7.11 Å². The van der Waals surface area contributed by atoms with Gasteiger partial charge in [-0.25, -0.2) is 0 Å². The molecule has 0 heterocycles. The molecule has 0 aromatic rings. The van der Waals surface area contributed by atoms with Gasteiger partial charge >= 0.3 is 5.97 Å². The van der Waals surface area contributed by atoms with Crippen LogP contribution in [-0.2, 0) is 9.53 Å². The second-order valence-electron chi connectivity index (χ2n) is 2.92. The maximum absolute atomic E-state index is 11.0. The summed E-state index contributed by atoms with van der Waals surface area (Å²) in [5, 5.41) is 9.13. The minimum absolute atomic E-state index is 0.238. The van der Waals surface area contributed by atoms with Crippen LogP contribution in [0.4, 0.5) is 0 Å². The molecule has 0 aliphatic heterocycles. The number of ether oxygens (including phenoxy) is 1. The quantitative estimate of drug-likeness (QED) is 0.494. The molecule has 0 saturated heterocycles. The van der Waals surface area contributed by atoms with E-state index in [1.807, 2.05) is 0 Å². The van der Waals surface area contributed by atoms with E-state index in [9.17, 15) is 4.79 Å². The molecular weight excluding hydrogens is 146 g/mol. The zero-order valence-electron chi connectivity index (χ0n) is 6.49. The fraction of sp³-hybridized carbons (Fsp3) is 0.857. The van der Waals surface area contributed by atoms with Crippen molar-refractivity contribution in [1.29, 1.82) is 0 Å². The molecule has 1 saturated carbocycles. The minimum atomic E-state index is -0.436. The number of rotatable bonds is 1. The van der Waals surface area contributed by atoms with Gasteiger partial charge in [-0.05, 0) is 12.8 Å². The highest BCUT2D eigenvalue weighted by Crippen LogP contribution is 2.25. The van der Waals surface area contributed by atoms with Crippen molar-refractivity contribution in [3.63, 3.8) is 0 Å². The summed E-state index contributed by atoms with van der Waals surface area (Å²) in [5.41, 5.74) is 5.59.